The van der Waals surface area contributed by atoms with Crippen LogP contribution in [0.15, 0.2) is 91.0 Å². The zero-order valence-corrected chi connectivity index (χ0v) is 16.2. The molecule has 0 aliphatic heterocycles. The summed E-state index contributed by atoms with van der Waals surface area (Å²) in [5, 5.41) is 2.66. The summed E-state index contributed by atoms with van der Waals surface area (Å²) in [5.41, 5.74) is 1.92. The average Bonchev–Trinajstić information content (AvgIpc) is 2.77. The SMILES string of the molecule is O=C(OCc1cccc2ccccc12)c1ccccc1C(=O)c1ccc(Cl)cc1. The van der Waals surface area contributed by atoms with Crippen LogP contribution < -0.4 is 0 Å². The summed E-state index contributed by atoms with van der Waals surface area (Å²) >= 11 is 5.90. The predicted octanol–water partition coefficient (Wildman–Crippen LogP) is 6.08. The quantitative estimate of drug-likeness (QED) is 0.301. The lowest BCUT2D eigenvalue weighted by atomic mass is 9.98. The van der Waals surface area contributed by atoms with E-state index in [4.69, 9.17) is 16.3 Å². The Morgan fingerprint density at radius 2 is 1.38 bits per heavy atom. The van der Waals surface area contributed by atoms with E-state index in [1.165, 1.54) is 0 Å². The van der Waals surface area contributed by atoms with Crippen LogP contribution >= 0.6 is 11.6 Å². The van der Waals surface area contributed by atoms with Crippen molar-refractivity contribution in [3.8, 4) is 0 Å². The van der Waals surface area contributed by atoms with Crippen molar-refractivity contribution in [1.82, 2.24) is 0 Å². The van der Waals surface area contributed by atoms with Gasteiger partial charge in [-0.25, -0.2) is 4.79 Å². The maximum absolute atomic E-state index is 12.9. The molecule has 0 unspecified atom stereocenters. The van der Waals surface area contributed by atoms with Gasteiger partial charge in [-0.2, -0.15) is 0 Å². The normalized spacial score (nSPS) is 10.7. The molecule has 0 N–H and O–H groups in total. The van der Waals surface area contributed by atoms with Gasteiger partial charge in [0.05, 0.1) is 5.56 Å². The number of ether oxygens (including phenoxy) is 1. The molecule has 0 saturated heterocycles. The highest BCUT2D eigenvalue weighted by Gasteiger charge is 2.19. The Kier molecular flexibility index (Phi) is 5.41. The summed E-state index contributed by atoms with van der Waals surface area (Å²) in [4.78, 5) is 25.7. The monoisotopic (exact) mass is 400 g/mol. The lowest BCUT2D eigenvalue weighted by molar-refractivity contribution is 0.0472. The molecule has 0 aliphatic carbocycles. The molecule has 0 aliphatic rings. The number of hydrogen-bond acceptors (Lipinski definition) is 3. The third-order valence-electron chi connectivity index (χ3n) is 4.74. The van der Waals surface area contributed by atoms with Gasteiger partial charge in [-0.05, 0) is 46.7 Å². The van der Waals surface area contributed by atoms with Crippen molar-refractivity contribution in [2.75, 3.05) is 0 Å². The second-order valence-corrected chi connectivity index (χ2v) is 7.03. The molecule has 29 heavy (non-hydrogen) atoms. The number of carbonyl (C=O) groups excluding carboxylic acids is 2. The minimum absolute atomic E-state index is 0.129. The fourth-order valence-corrected chi connectivity index (χ4v) is 3.38. The first-order valence-corrected chi connectivity index (χ1v) is 9.54. The molecule has 0 fully saturated rings. The number of fused-ring (bicyclic) bond motifs is 1. The first kappa shape index (κ1) is 18.9. The maximum Gasteiger partial charge on any atom is 0.339 e. The summed E-state index contributed by atoms with van der Waals surface area (Å²) in [5.74, 6) is -0.782. The lowest BCUT2D eigenvalue weighted by Crippen LogP contribution is -2.12. The highest BCUT2D eigenvalue weighted by molar-refractivity contribution is 6.30. The standard InChI is InChI=1S/C25H17ClO3/c26-20-14-12-18(13-15-20)24(27)22-10-3-4-11-23(22)25(28)29-16-19-8-5-7-17-6-1-2-9-21(17)19/h1-15H,16H2. The summed E-state index contributed by atoms with van der Waals surface area (Å²) in [6, 6.07) is 27.1. The number of halogens is 1. The van der Waals surface area contributed by atoms with Crippen LogP contribution in [0, 0.1) is 0 Å². The molecular weight excluding hydrogens is 384 g/mol. The highest BCUT2D eigenvalue weighted by Crippen LogP contribution is 2.21. The van der Waals surface area contributed by atoms with Crippen LogP contribution in [0.3, 0.4) is 0 Å². The zero-order valence-electron chi connectivity index (χ0n) is 15.5. The molecule has 0 heterocycles. The van der Waals surface area contributed by atoms with Crippen molar-refractivity contribution >= 4 is 34.1 Å². The Morgan fingerprint density at radius 1 is 0.724 bits per heavy atom. The molecule has 0 saturated carbocycles. The summed E-state index contributed by atoms with van der Waals surface area (Å²) in [6.45, 7) is 0.129. The van der Waals surface area contributed by atoms with Crippen molar-refractivity contribution in [3.63, 3.8) is 0 Å². The number of hydrogen-bond donors (Lipinski definition) is 0. The Morgan fingerprint density at radius 3 is 2.17 bits per heavy atom. The molecule has 0 spiro atoms. The molecule has 4 heteroatoms. The summed E-state index contributed by atoms with van der Waals surface area (Å²) in [6.07, 6.45) is 0. The molecule has 3 nitrogen and oxygen atoms in total. The zero-order chi connectivity index (χ0) is 20.2. The van der Waals surface area contributed by atoms with E-state index >= 15 is 0 Å². The fourth-order valence-electron chi connectivity index (χ4n) is 3.26. The molecule has 0 radical (unpaired) electrons. The van der Waals surface area contributed by atoms with Crippen LogP contribution in [0.2, 0.25) is 5.02 Å². The van der Waals surface area contributed by atoms with E-state index < -0.39 is 5.97 Å². The third kappa shape index (κ3) is 4.05. The average molecular weight is 401 g/mol. The van der Waals surface area contributed by atoms with Crippen molar-refractivity contribution < 1.29 is 14.3 Å². The van der Waals surface area contributed by atoms with Gasteiger partial charge in [0, 0.05) is 16.1 Å². The molecule has 0 atom stereocenters. The van der Waals surface area contributed by atoms with E-state index in [0.29, 0.717) is 16.1 Å². The van der Waals surface area contributed by atoms with Crippen molar-refractivity contribution in [2.45, 2.75) is 6.61 Å². The molecule has 142 valence electrons. The van der Waals surface area contributed by atoms with Gasteiger partial charge >= 0.3 is 5.97 Å². The van der Waals surface area contributed by atoms with Crippen LogP contribution in [0.25, 0.3) is 10.8 Å². The van der Waals surface area contributed by atoms with Crippen LogP contribution in [0.5, 0.6) is 0 Å². The van der Waals surface area contributed by atoms with E-state index in [9.17, 15) is 9.59 Å². The predicted molar refractivity (Wildman–Crippen MR) is 114 cm³/mol. The van der Waals surface area contributed by atoms with Crippen LogP contribution in [-0.2, 0) is 11.3 Å². The number of ketones is 1. The molecule has 4 aromatic carbocycles. The number of benzene rings is 4. The van der Waals surface area contributed by atoms with Crippen LogP contribution in [0.4, 0.5) is 0 Å². The first-order valence-electron chi connectivity index (χ1n) is 9.16. The molecular formula is C25H17ClO3. The minimum Gasteiger partial charge on any atom is -0.457 e. The Bertz CT molecular complexity index is 1190. The van der Waals surface area contributed by atoms with Crippen molar-refractivity contribution in [1.29, 1.82) is 0 Å². The van der Waals surface area contributed by atoms with Gasteiger partial charge in [-0.3, -0.25) is 4.79 Å². The Balaban J connectivity index is 1.58. The second-order valence-electron chi connectivity index (χ2n) is 6.60. The molecule has 4 rings (SSSR count). The van der Waals surface area contributed by atoms with Gasteiger partial charge < -0.3 is 4.74 Å². The van der Waals surface area contributed by atoms with E-state index in [0.717, 1.165) is 16.3 Å². The van der Waals surface area contributed by atoms with E-state index in [-0.39, 0.29) is 18.0 Å². The first-order chi connectivity index (χ1) is 14.1. The molecule has 0 aromatic heterocycles. The maximum atomic E-state index is 12.9. The van der Waals surface area contributed by atoms with Gasteiger partial charge in [0.2, 0.25) is 0 Å². The Labute approximate surface area is 173 Å². The number of rotatable bonds is 5. The van der Waals surface area contributed by atoms with Crippen LogP contribution in [0.1, 0.15) is 31.8 Å². The van der Waals surface area contributed by atoms with Crippen LogP contribution in [-0.4, -0.2) is 11.8 Å². The molecule has 0 amide bonds. The lowest BCUT2D eigenvalue weighted by Gasteiger charge is -2.11. The van der Waals surface area contributed by atoms with Gasteiger partial charge in [0.25, 0.3) is 0 Å². The number of carbonyl (C=O) groups is 2. The Hall–Kier alpha value is -3.43. The van der Waals surface area contributed by atoms with Crippen molar-refractivity contribution in [3.05, 3.63) is 118 Å². The molecule has 4 aromatic rings. The van der Waals surface area contributed by atoms with Gasteiger partial charge in [0.1, 0.15) is 6.61 Å². The van der Waals surface area contributed by atoms with Gasteiger partial charge in [-0.15, -0.1) is 0 Å². The number of esters is 1. The van der Waals surface area contributed by atoms with E-state index in [1.807, 2.05) is 42.5 Å². The third-order valence-corrected chi connectivity index (χ3v) is 4.99. The summed E-state index contributed by atoms with van der Waals surface area (Å²) in [7, 11) is 0. The van der Waals surface area contributed by atoms with E-state index in [1.54, 1.807) is 48.5 Å². The fraction of sp³-hybridized carbons (Fsp3) is 0.0400. The highest BCUT2D eigenvalue weighted by atomic mass is 35.5. The van der Waals surface area contributed by atoms with Gasteiger partial charge in [-0.1, -0.05) is 72.3 Å². The van der Waals surface area contributed by atoms with Crippen molar-refractivity contribution in [2.24, 2.45) is 0 Å². The minimum atomic E-state index is -0.532. The summed E-state index contributed by atoms with van der Waals surface area (Å²) < 4.78 is 5.56. The smallest absolute Gasteiger partial charge is 0.339 e. The molecule has 0 bridgehead atoms. The topological polar surface area (TPSA) is 43.4 Å². The second kappa shape index (κ2) is 8.29. The van der Waals surface area contributed by atoms with Gasteiger partial charge in [0.15, 0.2) is 5.78 Å². The largest absolute Gasteiger partial charge is 0.457 e. The van der Waals surface area contributed by atoms with E-state index in [2.05, 4.69) is 0 Å².